The lowest BCUT2D eigenvalue weighted by molar-refractivity contribution is 0.628. The predicted octanol–water partition coefficient (Wildman–Crippen LogP) is 3.01. The highest BCUT2D eigenvalue weighted by molar-refractivity contribution is 5.88. The number of nitrogens with zero attached hydrogens (tertiary/aromatic N) is 3. The molecular formula is C16H14FN5. The van der Waals surface area contributed by atoms with Crippen molar-refractivity contribution in [3.05, 3.63) is 54.9 Å². The summed E-state index contributed by atoms with van der Waals surface area (Å²) >= 11 is 0. The van der Waals surface area contributed by atoms with Crippen LogP contribution in [0.15, 0.2) is 49.1 Å². The van der Waals surface area contributed by atoms with Gasteiger partial charge in [-0.2, -0.15) is 4.98 Å². The Balaban J connectivity index is 2.12. The fourth-order valence-electron chi connectivity index (χ4n) is 2.11. The number of fused-ring (bicyclic) bond motifs is 1. The van der Waals surface area contributed by atoms with Crippen molar-refractivity contribution < 1.29 is 4.39 Å². The van der Waals surface area contributed by atoms with Crippen molar-refractivity contribution in [3.8, 4) is 11.3 Å². The topological polar surface area (TPSA) is 76.7 Å². The number of nitrogens with two attached hydrogens (primary N) is 1. The molecule has 3 aromatic rings. The molecule has 2 heterocycles. The van der Waals surface area contributed by atoms with E-state index in [4.69, 9.17) is 5.73 Å². The molecule has 0 aliphatic heterocycles. The van der Waals surface area contributed by atoms with Crippen LogP contribution in [0, 0.1) is 5.82 Å². The Kier molecular flexibility index (Phi) is 3.65. The molecule has 1 aromatic carbocycles. The lowest BCUT2D eigenvalue weighted by atomic mass is 10.1. The van der Waals surface area contributed by atoms with E-state index in [9.17, 15) is 4.39 Å². The van der Waals surface area contributed by atoms with E-state index in [2.05, 4.69) is 26.8 Å². The van der Waals surface area contributed by atoms with Crippen molar-refractivity contribution in [3.63, 3.8) is 0 Å². The van der Waals surface area contributed by atoms with Gasteiger partial charge < -0.3 is 11.1 Å². The highest BCUT2D eigenvalue weighted by atomic mass is 19.1. The Hall–Kier alpha value is -3.02. The minimum Gasteiger partial charge on any atom is -0.368 e. The van der Waals surface area contributed by atoms with E-state index in [1.807, 2.05) is 12.1 Å². The zero-order valence-electron chi connectivity index (χ0n) is 11.8. The lowest BCUT2D eigenvalue weighted by Crippen LogP contribution is -2.06. The van der Waals surface area contributed by atoms with Crippen molar-refractivity contribution in [1.82, 2.24) is 15.0 Å². The first-order chi connectivity index (χ1) is 10.7. The Morgan fingerprint density at radius 3 is 2.59 bits per heavy atom. The van der Waals surface area contributed by atoms with Gasteiger partial charge in [0.25, 0.3) is 0 Å². The molecule has 0 aliphatic rings. The fourth-order valence-corrected chi connectivity index (χ4v) is 2.11. The Morgan fingerprint density at radius 2 is 1.86 bits per heavy atom. The van der Waals surface area contributed by atoms with Crippen LogP contribution in [0.5, 0.6) is 0 Å². The summed E-state index contributed by atoms with van der Waals surface area (Å²) in [5.41, 5.74) is 8.48. The molecule has 0 spiro atoms. The molecule has 0 unspecified atom stereocenters. The molecule has 3 N–H and O–H groups in total. The summed E-state index contributed by atoms with van der Waals surface area (Å²) in [5.74, 6) is 0.441. The van der Waals surface area contributed by atoms with Gasteiger partial charge >= 0.3 is 0 Å². The van der Waals surface area contributed by atoms with Gasteiger partial charge in [-0.3, -0.25) is 0 Å². The average Bonchev–Trinajstić information content (AvgIpc) is 2.53. The first-order valence-corrected chi connectivity index (χ1v) is 6.72. The standard InChI is InChI=1S/C16H14FN5/c1-2-9-19-15-14-13(21-16(18)22-15)8-7-12(20-14)10-3-5-11(17)6-4-10/h2-8H,1,9H2,(H3,18,19,21,22). The molecule has 0 saturated carbocycles. The summed E-state index contributed by atoms with van der Waals surface area (Å²) in [6.07, 6.45) is 1.72. The Labute approximate surface area is 126 Å². The number of nitrogens with one attached hydrogen (secondary N) is 1. The third kappa shape index (κ3) is 2.71. The maximum Gasteiger partial charge on any atom is 0.222 e. The summed E-state index contributed by atoms with van der Waals surface area (Å²) in [4.78, 5) is 12.9. The largest absolute Gasteiger partial charge is 0.368 e. The normalized spacial score (nSPS) is 10.6. The summed E-state index contributed by atoms with van der Waals surface area (Å²) in [6.45, 7) is 4.19. The van der Waals surface area contributed by atoms with Crippen molar-refractivity contribution in [2.45, 2.75) is 0 Å². The molecule has 2 aromatic heterocycles. The third-order valence-electron chi connectivity index (χ3n) is 3.11. The first kappa shape index (κ1) is 13.9. The molecule has 3 rings (SSSR count). The number of benzene rings is 1. The van der Waals surface area contributed by atoms with Crippen molar-refractivity contribution in [2.24, 2.45) is 0 Å². The van der Waals surface area contributed by atoms with Gasteiger partial charge in [-0.15, -0.1) is 6.58 Å². The van der Waals surface area contributed by atoms with Gasteiger partial charge in [-0.1, -0.05) is 6.08 Å². The summed E-state index contributed by atoms with van der Waals surface area (Å²) < 4.78 is 13.0. The monoisotopic (exact) mass is 295 g/mol. The number of aromatic nitrogens is 3. The average molecular weight is 295 g/mol. The van der Waals surface area contributed by atoms with Crippen LogP contribution >= 0.6 is 0 Å². The lowest BCUT2D eigenvalue weighted by Gasteiger charge is -2.09. The van der Waals surface area contributed by atoms with E-state index in [1.54, 1.807) is 18.2 Å². The van der Waals surface area contributed by atoms with Gasteiger partial charge in [0, 0.05) is 12.1 Å². The second-order valence-corrected chi connectivity index (χ2v) is 4.67. The Morgan fingerprint density at radius 1 is 1.09 bits per heavy atom. The molecule has 0 aliphatic carbocycles. The van der Waals surface area contributed by atoms with Crippen LogP contribution < -0.4 is 11.1 Å². The molecule has 0 saturated heterocycles. The number of nitrogen functional groups attached to an aromatic ring is 1. The number of hydrogen-bond acceptors (Lipinski definition) is 5. The highest BCUT2D eigenvalue weighted by Gasteiger charge is 2.09. The van der Waals surface area contributed by atoms with E-state index in [1.165, 1.54) is 12.1 Å². The Bertz CT molecular complexity index is 830. The van der Waals surface area contributed by atoms with Gasteiger partial charge in [0.05, 0.1) is 11.2 Å². The maximum absolute atomic E-state index is 13.0. The van der Waals surface area contributed by atoms with Crippen LogP contribution in [0.2, 0.25) is 0 Å². The molecule has 22 heavy (non-hydrogen) atoms. The molecule has 0 atom stereocenters. The number of hydrogen-bond donors (Lipinski definition) is 2. The van der Waals surface area contributed by atoms with E-state index >= 15 is 0 Å². The summed E-state index contributed by atoms with van der Waals surface area (Å²) in [7, 11) is 0. The molecule has 0 amide bonds. The first-order valence-electron chi connectivity index (χ1n) is 6.72. The highest BCUT2D eigenvalue weighted by Crippen LogP contribution is 2.24. The molecule has 0 radical (unpaired) electrons. The maximum atomic E-state index is 13.0. The second kappa shape index (κ2) is 5.77. The third-order valence-corrected chi connectivity index (χ3v) is 3.11. The van der Waals surface area contributed by atoms with Gasteiger partial charge in [0.1, 0.15) is 11.3 Å². The summed E-state index contributed by atoms with van der Waals surface area (Å²) in [6, 6.07) is 9.80. The van der Waals surface area contributed by atoms with E-state index in [0.29, 0.717) is 29.1 Å². The van der Waals surface area contributed by atoms with Gasteiger partial charge in [-0.25, -0.2) is 14.4 Å². The van der Waals surface area contributed by atoms with Gasteiger partial charge in [-0.05, 0) is 36.4 Å². The van der Waals surface area contributed by atoms with E-state index in [-0.39, 0.29) is 11.8 Å². The molecule has 6 heteroatoms. The van der Waals surface area contributed by atoms with Gasteiger partial charge in [0.15, 0.2) is 5.82 Å². The number of rotatable bonds is 4. The van der Waals surface area contributed by atoms with Crippen LogP contribution in [-0.4, -0.2) is 21.5 Å². The second-order valence-electron chi connectivity index (χ2n) is 4.67. The van der Waals surface area contributed by atoms with Crippen LogP contribution in [0.1, 0.15) is 0 Å². The molecule has 0 fully saturated rings. The molecular weight excluding hydrogens is 281 g/mol. The van der Waals surface area contributed by atoms with Crippen molar-refractivity contribution in [1.29, 1.82) is 0 Å². The van der Waals surface area contributed by atoms with Crippen molar-refractivity contribution in [2.75, 3.05) is 17.6 Å². The molecule has 0 bridgehead atoms. The number of anilines is 2. The van der Waals surface area contributed by atoms with Crippen LogP contribution in [0.4, 0.5) is 16.2 Å². The fraction of sp³-hybridized carbons (Fsp3) is 0.0625. The zero-order valence-corrected chi connectivity index (χ0v) is 11.8. The predicted molar refractivity (Wildman–Crippen MR) is 85.8 cm³/mol. The summed E-state index contributed by atoms with van der Waals surface area (Å²) in [5, 5.41) is 3.09. The molecule has 110 valence electrons. The van der Waals surface area contributed by atoms with E-state index in [0.717, 1.165) is 5.56 Å². The quantitative estimate of drug-likeness (QED) is 0.723. The number of halogens is 1. The van der Waals surface area contributed by atoms with Gasteiger partial charge in [0.2, 0.25) is 5.95 Å². The van der Waals surface area contributed by atoms with Crippen LogP contribution in [-0.2, 0) is 0 Å². The van der Waals surface area contributed by atoms with E-state index < -0.39 is 0 Å². The smallest absolute Gasteiger partial charge is 0.222 e. The van der Waals surface area contributed by atoms with Crippen molar-refractivity contribution >= 4 is 22.8 Å². The molecule has 5 nitrogen and oxygen atoms in total. The SMILES string of the molecule is C=CCNc1nc(N)nc2ccc(-c3ccc(F)cc3)nc12. The minimum atomic E-state index is -0.283. The number of pyridine rings is 1. The van der Waals surface area contributed by atoms with Crippen LogP contribution in [0.25, 0.3) is 22.3 Å². The van der Waals surface area contributed by atoms with Crippen LogP contribution in [0.3, 0.4) is 0 Å². The zero-order chi connectivity index (χ0) is 15.5. The minimum absolute atomic E-state index is 0.176.